The van der Waals surface area contributed by atoms with Crippen LogP contribution in [-0.4, -0.2) is 35.2 Å². The summed E-state index contributed by atoms with van der Waals surface area (Å²) in [6, 6.07) is 3.46. The molecule has 5 nitrogen and oxygen atoms in total. The number of likely N-dealkylation sites (N-methyl/N-ethyl adjacent to an activating group) is 1. The van der Waals surface area contributed by atoms with Gasteiger partial charge in [-0.15, -0.1) is 12.4 Å². The van der Waals surface area contributed by atoms with E-state index >= 15 is 0 Å². The minimum atomic E-state index is -3.49. The maximum absolute atomic E-state index is 12.2. The van der Waals surface area contributed by atoms with Crippen LogP contribution in [0.4, 0.5) is 0 Å². The van der Waals surface area contributed by atoms with E-state index in [-0.39, 0.29) is 18.4 Å². The monoisotopic (exact) mass is 322 g/mol. The van der Waals surface area contributed by atoms with Crippen LogP contribution in [0.2, 0.25) is 0 Å². The molecule has 0 spiro atoms. The van der Waals surface area contributed by atoms with Gasteiger partial charge in [0.2, 0.25) is 10.0 Å². The van der Waals surface area contributed by atoms with Gasteiger partial charge in [-0.3, -0.25) is 0 Å². The number of ether oxygens (including phenoxy) is 1. The number of benzene rings is 1. The fraction of sp³-hybridized carbons (Fsp3) is 0.538. The van der Waals surface area contributed by atoms with Crippen molar-refractivity contribution < 1.29 is 13.2 Å². The highest BCUT2D eigenvalue weighted by Gasteiger charge is 2.19. The van der Waals surface area contributed by atoms with Gasteiger partial charge < -0.3 is 10.1 Å². The standard InChI is InChI=1S/C13H22N2O3S.ClH/c1-9-7-13(10(2)6-12(9)18-5)19(16,17)15-8-11(3)14-4;/h6-7,11,14-15H,8H2,1-5H3;1H. The first kappa shape index (κ1) is 19.2. The van der Waals surface area contributed by atoms with Crippen molar-refractivity contribution in [3.05, 3.63) is 23.3 Å². The first-order valence-electron chi connectivity index (χ1n) is 6.14. The Balaban J connectivity index is 0.00000361. The van der Waals surface area contributed by atoms with Gasteiger partial charge in [-0.25, -0.2) is 13.1 Å². The van der Waals surface area contributed by atoms with Gasteiger partial charge in [0.1, 0.15) is 5.75 Å². The van der Waals surface area contributed by atoms with E-state index in [1.807, 2.05) is 13.8 Å². The molecule has 0 aromatic heterocycles. The van der Waals surface area contributed by atoms with E-state index in [2.05, 4.69) is 10.0 Å². The molecule has 0 aliphatic carbocycles. The molecule has 0 heterocycles. The lowest BCUT2D eigenvalue weighted by Gasteiger charge is -2.15. The molecule has 1 atom stereocenters. The molecular weight excluding hydrogens is 300 g/mol. The van der Waals surface area contributed by atoms with Crippen LogP contribution in [0.5, 0.6) is 5.75 Å². The molecular formula is C13H23ClN2O3S. The van der Waals surface area contributed by atoms with Crippen LogP contribution >= 0.6 is 12.4 Å². The maximum atomic E-state index is 12.2. The number of hydrogen-bond donors (Lipinski definition) is 2. The van der Waals surface area contributed by atoms with Gasteiger partial charge in [0.25, 0.3) is 0 Å². The van der Waals surface area contributed by atoms with Crippen LogP contribution in [0.3, 0.4) is 0 Å². The Labute approximate surface area is 127 Å². The summed E-state index contributed by atoms with van der Waals surface area (Å²) in [5.74, 6) is 0.694. The van der Waals surface area contributed by atoms with Crippen LogP contribution in [-0.2, 0) is 10.0 Å². The lowest BCUT2D eigenvalue weighted by atomic mass is 10.1. The average molecular weight is 323 g/mol. The van der Waals surface area contributed by atoms with Gasteiger partial charge >= 0.3 is 0 Å². The molecule has 0 amide bonds. The Kier molecular flexibility index (Phi) is 7.51. The van der Waals surface area contributed by atoms with Gasteiger partial charge in [0, 0.05) is 12.6 Å². The summed E-state index contributed by atoms with van der Waals surface area (Å²) >= 11 is 0. The topological polar surface area (TPSA) is 67.4 Å². The summed E-state index contributed by atoms with van der Waals surface area (Å²) in [5, 5.41) is 2.99. The molecule has 0 bridgehead atoms. The Morgan fingerprint density at radius 1 is 1.25 bits per heavy atom. The van der Waals surface area contributed by atoms with Crippen LogP contribution in [0.1, 0.15) is 18.1 Å². The molecule has 0 saturated carbocycles. The summed E-state index contributed by atoms with van der Waals surface area (Å²) in [6.07, 6.45) is 0. The normalized spacial score (nSPS) is 12.7. The lowest BCUT2D eigenvalue weighted by Crippen LogP contribution is -2.37. The second-order valence-electron chi connectivity index (χ2n) is 4.63. The molecule has 0 aliphatic rings. The molecule has 20 heavy (non-hydrogen) atoms. The number of rotatable bonds is 6. The quantitative estimate of drug-likeness (QED) is 0.835. The number of halogens is 1. The molecule has 0 radical (unpaired) electrons. The van der Waals surface area contributed by atoms with Crippen molar-refractivity contribution in [3.63, 3.8) is 0 Å². The van der Waals surface area contributed by atoms with Crippen molar-refractivity contribution in [2.24, 2.45) is 0 Å². The lowest BCUT2D eigenvalue weighted by molar-refractivity contribution is 0.411. The molecule has 0 saturated heterocycles. The fourth-order valence-electron chi connectivity index (χ4n) is 1.69. The summed E-state index contributed by atoms with van der Waals surface area (Å²) in [5.41, 5.74) is 1.47. The zero-order valence-corrected chi connectivity index (χ0v) is 14.1. The Hall–Kier alpha value is -0.820. The van der Waals surface area contributed by atoms with Gasteiger partial charge in [-0.05, 0) is 51.1 Å². The molecule has 1 aromatic rings. The molecule has 1 rings (SSSR count). The predicted octanol–water partition coefficient (Wildman–Crippen LogP) is 1.62. The molecule has 0 fully saturated rings. The third kappa shape index (κ3) is 4.63. The molecule has 1 unspecified atom stereocenters. The van der Waals surface area contributed by atoms with Crippen molar-refractivity contribution in [1.29, 1.82) is 0 Å². The minimum absolute atomic E-state index is 0. The largest absolute Gasteiger partial charge is 0.496 e. The predicted molar refractivity (Wildman–Crippen MR) is 83.4 cm³/mol. The summed E-state index contributed by atoms with van der Waals surface area (Å²) in [7, 11) is -0.124. The summed E-state index contributed by atoms with van der Waals surface area (Å²) in [6.45, 7) is 5.85. The van der Waals surface area contributed by atoms with Crippen LogP contribution < -0.4 is 14.8 Å². The van der Waals surface area contributed by atoms with Crippen molar-refractivity contribution in [1.82, 2.24) is 10.0 Å². The van der Waals surface area contributed by atoms with E-state index < -0.39 is 10.0 Å². The molecule has 1 aromatic carbocycles. The average Bonchev–Trinajstić information content (AvgIpc) is 2.38. The highest BCUT2D eigenvalue weighted by Crippen LogP contribution is 2.25. The number of methoxy groups -OCH3 is 1. The first-order valence-corrected chi connectivity index (χ1v) is 7.62. The SMILES string of the molecule is CNC(C)CNS(=O)(=O)c1cc(C)c(OC)cc1C.Cl. The third-order valence-electron chi connectivity index (χ3n) is 3.05. The minimum Gasteiger partial charge on any atom is -0.496 e. The molecule has 0 aliphatic heterocycles. The zero-order valence-electron chi connectivity index (χ0n) is 12.5. The van der Waals surface area contributed by atoms with Crippen molar-refractivity contribution >= 4 is 22.4 Å². The maximum Gasteiger partial charge on any atom is 0.240 e. The fourth-order valence-corrected chi connectivity index (χ4v) is 3.13. The van der Waals surface area contributed by atoms with Gasteiger partial charge in [0.15, 0.2) is 0 Å². The van der Waals surface area contributed by atoms with E-state index in [4.69, 9.17) is 4.74 Å². The number of sulfonamides is 1. The third-order valence-corrected chi connectivity index (χ3v) is 4.62. The molecule has 7 heteroatoms. The van der Waals surface area contributed by atoms with Crippen LogP contribution in [0.25, 0.3) is 0 Å². The van der Waals surface area contributed by atoms with Gasteiger partial charge in [-0.1, -0.05) is 0 Å². The smallest absolute Gasteiger partial charge is 0.240 e. The van der Waals surface area contributed by atoms with Gasteiger partial charge in [-0.2, -0.15) is 0 Å². The van der Waals surface area contributed by atoms with Gasteiger partial charge in [0.05, 0.1) is 12.0 Å². The first-order chi connectivity index (χ1) is 8.81. The summed E-state index contributed by atoms with van der Waals surface area (Å²) in [4.78, 5) is 0.300. The highest BCUT2D eigenvalue weighted by molar-refractivity contribution is 7.89. The molecule has 116 valence electrons. The zero-order chi connectivity index (χ0) is 14.6. The van der Waals surface area contributed by atoms with Crippen molar-refractivity contribution in [2.45, 2.75) is 31.7 Å². The molecule has 2 N–H and O–H groups in total. The number of aryl methyl sites for hydroxylation is 2. The van der Waals surface area contributed by atoms with E-state index in [0.717, 1.165) is 5.56 Å². The Bertz CT molecular complexity index is 547. The van der Waals surface area contributed by atoms with E-state index in [1.165, 1.54) is 0 Å². The second kappa shape index (κ2) is 7.83. The van der Waals surface area contributed by atoms with Crippen LogP contribution in [0, 0.1) is 13.8 Å². The Morgan fingerprint density at radius 3 is 2.35 bits per heavy atom. The number of nitrogens with one attached hydrogen (secondary N) is 2. The van der Waals surface area contributed by atoms with E-state index in [9.17, 15) is 8.42 Å². The Morgan fingerprint density at radius 2 is 1.85 bits per heavy atom. The van der Waals surface area contributed by atoms with Crippen molar-refractivity contribution in [2.75, 3.05) is 20.7 Å². The van der Waals surface area contributed by atoms with E-state index in [1.54, 1.807) is 33.2 Å². The number of hydrogen-bond acceptors (Lipinski definition) is 4. The van der Waals surface area contributed by atoms with Crippen LogP contribution in [0.15, 0.2) is 17.0 Å². The van der Waals surface area contributed by atoms with Crippen molar-refractivity contribution in [3.8, 4) is 5.75 Å². The van der Waals surface area contributed by atoms with E-state index in [0.29, 0.717) is 22.8 Å². The highest BCUT2D eigenvalue weighted by atomic mass is 35.5. The summed E-state index contributed by atoms with van der Waals surface area (Å²) < 4.78 is 32.3. The second-order valence-corrected chi connectivity index (χ2v) is 6.36.